The number of hydrogen-bond donors (Lipinski definition) is 2. The van der Waals surface area contributed by atoms with Gasteiger partial charge in [0.15, 0.2) is 0 Å². The summed E-state index contributed by atoms with van der Waals surface area (Å²) in [6.07, 6.45) is 10.6. The van der Waals surface area contributed by atoms with Gasteiger partial charge < -0.3 is 14.9 Å². The molecular weight excluding hydrogens is 340 g/mol. The van der Waals surface area contributed by atoms with Crippen LogP contribution in [0.25, 0.3) is 0 Å². The van der Waals surface area contributed by atoms with Gasteiger partial charge in [-0.2, -0.15) is 0 Å². The van der Waals surface area contributed by atoms with Crippen molar-refractivity contribution in [3.63, 3.8) is 0 Å². The molecule has 1 heterocycles. The van der Waals surface area contributed by atoms with Crippen LogP contribution < -0.4 is 0 Å². The van der Waals surface area contributed by atoms with E-state index < -0.39 is 0 Å². The van der Waals surface area contributed by atoms with Crippen molar-refractivity contribution < 1.29 is 19.7 Å². The maximum atomic E-state index is 11.6. The quantitative estimate of drug-likeness (QED) is 0.547. The lowest BCUT2D eigenvalue weighted by Gasteiger charge is -2.60. The smallest absolute Gasteiger partial charge is 0.331 e. The van der Waals surface area contributed by atoms with Crippen molar-refractivity contribution in [2.24, 2.45) is 34.5 Å². The van der Waals surface area contributed by atoms with E-state index in [1.54, 1.807) is 6.08 Å². The number of cyclic esters (lactones) is 1. The molecule has 4 nitrogen and oxygen atoms in total. The molecule has 2 N–H and O–H groups in total. The zero-order valence-corrected chi connectivity index (χ0v) is 16.5. The third-order valence-electron chi connectivity index (χ3n) is 9.28. The maximum absolute atomic E-state index is 11.6. The Labute approximate surface area is 161 Å². The van der Waals surface area contributed by atoms with E-state index >= 15 is 0 Å². The van der Waals surface area contributed by atoms with E-state index in [1.807, 2.05) is 0 Å². The fourth-order valence-corrected chi connectivity index (χ4v) is 7.68. The summed E-state index contributed by atoms with van der Waals surface area (Å²) in [6, 6.07) is 0. The van der Waals surface area contributed by atoms with Gasteiger partial charge in [-0.25, -0.2) is 4.79 Å². The highest BCUT2D eigenvalue weighted by molar-refractivity contribution is 5.85. The predicted octanol–water partition coefficient (Wildman–Crippen LogP) is 3.38. The Morgan fingerprint density at radius 1 is 1.15 bits per heavy atom. The van der Waals surface area contributed by atoms with E-state index in [1.165, 1.54) is 18.4 Å². The second-order valence-electron chi connectivity index (χ2n) is 10.2. The fraction of sp³-hybridized carbons (Fsp3) is 0.783. The summed E-state index contributed by atoms with van der Waals surface area (Å²) in [5.41, 5.74) is 2.47. The van der Waals surface area contributed by atoms with Gasteiger partial charge in [-0.1, -0.05) is 25.5 Å². The Morgan fingerprint density at radius 2 is 1.96 bits per heavy atom. The predicted molar refractivity (Wildman–Crippen MR) is 102 cm³/mol. The molecule has 0 spiro atoms. The monoisotopic (exact) mass is 372 g/mol. The number of aliphatic hydroxyl groups excluding tert-OH is 2. The summed E-state index contributed by atoms with van der Waals surface area (Å²) >= 11 is 0. The van der Waals surface area contributed by atoms with E-state index in [0.717, 1.165) is 37.7 Å². The lowest BCUT2D eigenvalue weighted by Crippen LogP contribution is -2.56. The first-order valence-corrected chi connectivity index (χ1v) is 10.8. The van der Waals surface area contributed by atoms with Crippen molar-refractivity contribution in [3.8, 4) is 0 Å². The van der Waals surface area contributed by atoms with Gasteiger partial charge in [-0.05, 0) is 79.6 Å². The topological polar surface area (TPSA) is 66.8 Å². The molecule has 4 aliphatic carbocycles. The number of rotatable bonds is 1. The van der Waals surface area contributed by atoms with Gasteiger partial charge in [0, 0.05) is 11.5 Å². The highest BCUT2D eigenvalue weighted by atomic mass is 16.5. The van der Waals surface area contributed by atoms with Crippen LogP contribution in [0.1, 0.15) is 58.8 Å². The third-order valence-corrected chi connectivity index (χ3v) is 9.28. The average molecular weight is 373 g/mol. The fourth-order valence-electron chi connectivity index (χ4n) is 7.68. The van der Waals surface area contributed by atoms with Gasteiger partial charge in [0.05, 0.1) is 12.2 Å². The van der Waals surface area contributed by atoms with Crippen molar-refractivity contribution >= 4 is 5.97 Å². The molecule has 1 aliphatic heterocycles. The van der Waals surface area contributed by atoms with Crippen LogP contribution in [0.15, 0.2) is 23.3 Å². The Morgan fingerprint density at radius 3 is 2.70 bits per heavy atom. The van der Waals surface area contributed by atoms with Crippen LogP contribution in [-0.4, -0.2) is 35.0 Å². The summed E-state index contributed by atoms with van der Waals surface area (Å²) in [5, 5.41) is 21.6. The first-order valence-electron chi connectivity index (χ1n) is 10.8. The zero-order chi connectivity index (χ0) is 19.0. The second-order valence-corrected chi connectivity index (χ2v) is 10.2. The van der Waals surface area contributed by atoms with Crippen molar-refractivity contribution in [3.05, 3.63) is 23.3 Å². The van der Waals surface area contributed by atoms with Crippen LogP contribution in [0.5, 0.6) is 0 Å². The van der Waals surface area contributed by atoms with Crippen LogP contribution in [0.2, 0.25) is 0 Å². The summed E-state index contributed by atoms with van der Waals surface area (Å²) in [5.74, 6) is 1.58. The van der Waals surface area contributed by atoms with Gasteiger partial charge in [-0.3, -0.25) is 0 Å². The van der Waals surface area contributed by atoms with Gasteiger partial charge in [-0.15, -0.1) is 0 Å². The average Bonchev–Trinajstić information content (AvgIpc) is 3.20. The van der Waals surface area contributed by atoms with Crippen LogP contribution in [0, 0.1) is 34.5 Å². The van der Waals surface area contributed by atoms with Crippen molar-refractivity contribution in [1.29, 1.82) is 0 Å². The molecule has 5 aliphatic rings. The second kappa shape index (κ2) is 5.93. The molecule has 0 radical (unpaired) electrons. The molecule has 0 amide bonds. The lowest BCUT2D eigenvalue weighted by atomic mass is 9.45. The zero-order valence-electron chi connectivity index (χ0n) is 16.5. The number of fused-ring (bicyclic) bond motifs is 5. The molecule has 0 saturated heterocycles. The summed E-state index contributed by atoms with van der Waals surface area (Å²) in [7, 11) is 0. The molecule has 0 aromatic rings. The first-order chi connectivity index (χ1) is 12.8. The van der Waals surface area contributed by atoms with Crippen LogP contribution >= 0.6 is 0 Å². The number of esters is 1. The van der Waals surface area contributed by atoms with Crippen LogP contribution in [0.4, 0.5) is 0 Å². The Kier molecular flexibility index (Phi) is 3.94. The molecule has 27 heavy (non-hydrogen) atoms. The van der Waals surface area contributed by atoms with Gasteiger partial charge >= 0.3 is 5.97 Å². The first kappa shape index (κ1) is 17.9. The van der Waals surface area contributed by atoms with E-state index in [9.17, 15) is 15.0 Å². The third kappa shape index (κ3) is 2.38. The Hall–Kier alpha value is -1.13. The minimum atomic E-state index is -0.378. The van der Waals surface area contributed by atoms with E-state index in [-0.39, 0.29) is 34.9 Å². The molecule has 3 fully saturated rings. The Bertz CT molecular complexity index is 724. The minimum absolute atomic E-state index is 0.139. The maximum Gasteiger partial charge on any atom is 0.331 e. The van der Waals surface area contributed by atoms with Crippen molar-refractivity contribution in [2.75, 3.05) is 6.61 Å². The molecule has 3 unspecified atom stereocenters. The minimum Gasteiger partial charge on any atom is -0.458 e. The van der Waals surface area contributed by atoms with Gasteiger partial charge in [0.25, 0.3) is 0 Å². The molecule has 5 rings (SSSR count). The number of allylic oxidation sites excluding steroid dienone is 1. The molecule has 0 aromatic carbocycles. The summed E-state index contributed by atoms with van der Waals surface area (Å²) in [6.45, 7) is 5.04. The van der Waals surface area contributed by atoms with E-state index in [0.29, 0.717) is 24.4 Å². The largest absolute Gasteiger partial charge is 0.458 e. The number of aliphatic hydroxyl groups is 2. The molecule has 148 valence electrons. The summed E-state index contributed by atoms with van der Waals surface area (Å²) in [4.78, 5) is 11.6. The molecule has 0 aromatic heterocycles. The molecule has 0 bridgehead atoms. The van der Waals surface area contributed by atoms with Crippen LogP contribution in [0.3, 0.4) is 0 Å². The van der Waals surface area contributed by atoms with Crippen LogP contribution in [-0.2, 0) is 9.53 Å². The van der Waals surface area contributed by atoms with E-state index in [4.69, 9.17) is 4.74 Å². The molecular formula is C23H32O4. The SMILES string of the molecule is C[C@]12C(=CCC1C1=CC(=O)OC1)C1CC[C@@H]3C[C@@H](O)CC[C@]3(C)C1C[C@H]2O. The number of ether oxygens (including phenoxy) is 1. The molecule has 3 saturated carbocycles. The number of hydrogen-bond acceptors (Lipinski definition) is 4. The Balaban J connectivity index is 1.48. The summed E-state index contributed by atoms with van der Waals surface area (Å²) < 4.78 is 5.18. The number of carbonyl (C=O) groups is 1. The van der Waals surface area contributed by atoms with Crippen molar-refractivity contribution in [2.45, 2.75) is 71.0 Å². The lowest BCUT2D eigenvalue weighted by molar-refractivity contribution is -0.135. The highest BCUT2D eigenvalue weighted by Crippen LogP contribution is 2.66. The molecule has 4 heteroatoms. The van der Waals surface area contributed by atoms with Gasteiger partial charge in [0.1, 0.15) is 6.61 Å². The number of carbonyl (C=O) groups excluding carboxylic acids is 1. The molecule has 8 atom stereocenters. The van der Waals surface area contributed by atoms with E-state index in [2.05, 4.69) is 19.9 Å². The standard InChI is InChI=1S/C23H32O4/c1-22-8-7-15(24)10-14(22)3-4-16-18-6-5-17(13-9-21(26)27-12-13)23(18,2)20(25)11-19(16)22/h6,9,14-17,19-20,24-25H,3-5,7-8,10-12H2,1-2H3/t14-,15+,16?,17?,19?,20-,22+,23-/m1/s1. The normalized spacial score (nSPS) is 51.6. The highest BCUT2D eigenvalue weighted by Gasteiger charge is 2.61. The van der Waals surface area contributed by atoms with Gasteiger partial charge in [0.2, 0.25) is 0 Å². The van der Waals surface area contributed by atoms with Crippen molar-refractivity contribution in [1.82, 2.24) is 0 Å².